The van der Waals surface area contributed by atoms with Crippen LogP contribution in [0, 0.1) is 0 Å². The summed E-state index contributed by atoms with van der Waals surface area (Å²) in [5, 5.41) is 4.59. The Labute approximate surface area is 134 Å². The molecule has 0 aliphatic heterocycles. The van der Waals surface area contributed by atoms with Gasteiger partial charge in [0.25, 0.3) is 0 Å². The number of halogens is 2. The van der Waals surface area contributed by atoms with Crippen LogP contribution in [0.5, 0.6) is 0 Å². The first-order chi connectivity index (χ1) is 10.1. The average Bonchev–Trinajstić information content (AvgIpc) is 2.45. The van der Waals surface area contributed by atoms with Gasteiger partial charge in [-0.15, -0.1) is 0 Å². The molecule has 2 aromatic rings. The van der Waals surface area contributed by atoms with Crippen LogP contribution in [-0.2, 0) is 13.0 Å². The second-order valence-corrected chi connectivity index (χ2v) is 5.53. The van der Waals surface area contributed by atoms with Crippen LogP contribution < -0.4 is 11.1 Å². The van der Waals surface area contributed by atoms with Crippen molar-refractivity contribution < 1.29 is 4.79 Å². The lowest BCUT2D eigenvalue weighted by Crippen LogP contribution is -2.20. The molecule has 1 amide bonds. The number of hydrogen-bond donors (Lipinski definition) is 2. The number of rotatable bonds is 6. The van der Waals surface area contributed by atoms with Crippen molar-refractivity contribution in [3.8, 4) is 0 Å². The fourth-order valence-electron chi connectivity index (χ4n) is 2.09. The molecule has 110 valence electrons. The first-order valence-corrected chi connectivity index (χ1v) is 7.36. The van der Waals surface area contributed by atoms with Gasteiger partial charge in [-0.1, -0.05) is 47.5 Å². The molecular formula is C16H16Cl2N2O. The largest absolute Gasteiger partial charge is 0.366 e. The molecule has 0 aromatic heterocycles. The Hall–Kier alpha value is -1.55. The van der Waals surface area contributed by atoms with Gasteiger partial charge in [0.15, 0.2) is 0 Å². The lowest BCUT2D eigenvalue weighted by Gasteiger charge is -2.09. The number of nitrogens with one attached hydrogen (secondary N) is 1. The van der Waals surface area contributed by atoms with E-state index >= 15 is 0 Å². The van der Waals surface area contributed by atoms with Crippen LogP contribution in [0.4, 0.5) is 0 Å². The molecule has 3 N–H and O–H groups in total. The molecule has 0 saturated carbocycles. The van der Waals surface area contributed by atoms with E-state index in [9.17, 15) is 4.79 Å². The molecular weight excluding hydrogens is 307 g/mol. The van der Waals surface area contributed by atoms with Crippen molar-refractivity contribution in [3.63, 3.8) is 0 Å². The average molecular weight is 323 g/mol. The van der Waals surface area contributed by atoms with E-state index in [-0.39, 0.29) is 0 Å². The highest BCUT2D eigenvalue weighted by molar-refractivity contribution is 6.35. The molecule has 0 unspecified atom stereocenters. The molecule has 0 spiro atoms. The molecule has 0 atom stereocenters. The molecule has 2 rings (SSSR count). The van der Waals surface area contributed by atoms with Gasteiger partial charge in [0.2, 0.25) is 5.91 Å². The van der Waals surface area contributed by atoms with Crippen LogP contribution in [0.3, 0.4) is 0 Å². The summed E-state index contributed by atoms with van der Waals surface area (Å²) in [5.41, 5.74) is 7.83. The molecule has 2 aromatic carbocycles. The van der Waals surface area contributed by atoms with Gasteiger partial charge in [-0.3, -0.25) is 4.79 Å². The standard InChI is InChI=1S/C16H16Cl2N2O/c17-13-6-5-11(15(18)9-13)7-8-20-10-12-3-1-2-4-14(12)16(19)21/h1-6,9,20H,7-8,10H2,(H2,19,21). The lowest BCUT2D eigenvalue weighted by atomic mass is 10.1. The van der Waals surface area contributed by atoms with Crippen molar-refractivity contribution in [1.82, 2.24) is 5.32 Å². The molecule has 0 aliphatic carbocycles. The minimum absolute atomic E-state index is 0.409. The van der Waals surface area contributed by atoms with E-state index in [1.165, 1.54) is 0 Å². The number of carbonyl (C=O) groups excluding carboxylic acids is 1. The van der Waals surface area contributed by atoms with Crippen molar-refractivity contribution in [2.24, 2.45) is 5.73 Å². The van der Waals surface area contributed by atoms with Gasteiger partial charge in [0.05, 0.1) is 0 Å². The number of primary amides is 1. The van der Waals surface area contributed by atoms with E-state index in [1.807, 2.05) is 24.3 Å². The van der Waals surface area contributed by atoms with Gasteiger partial charge in [-0.05, 0) is 42.3 Å². The fourth-order valence-corrected chi connectivity index (χ4v) is 2.59. The van der Waals surface area contributed by atoms with Gasteiger partial charge in [-0.2, -0.15) is 0 Å². The normalized spacial score (nSPS) is 10.6. The Morgan fingerprint density at radius 2 is 1.86 bits per heavy atom. The van der Waals surface area contributed by atoms with Crippen molar-refractivity contribution >= 4 is 29.1 Å². The first kappa shape index (κ1) is 15.8. The Morgan fingerprint density at radius 1 is 1.10 bits per heavy atom. The molecule has 0 fully saturated rings. The summed E-state index contributed by atoms with van der Waals surface area (Å²) in [7, 11) is 0. The Morgan fingerprint density at radius 3 is 2.57 bits per heavy atom. The molecule has 21 heavy (non-hydrogen) atoms. The van der Waals surface area contributed by atoms with Gasteiger partial charge < -0.3 is 11.1 Å². The highest BCUT2D eigenvalue weighted by atomic mass is 35.5. The van der Waals surface area contributed by atoms with E-state index in [2.05, 4.69) is 5.32 Å². The Balaban J connectivity index is 1.89. The minimum Gasteiger partial charge on any atom is -0.366 e. The van der Waals surface area contributed by atoms with Crippen LogP contribution >= 0.6 is 23.2 Å². The van der Waals surface area contributed by atoms with Crippen LogP contribution in [0.1, 0.15) is 21.5 Å². The molecule has 0 aliphatic rings. The molecule has 0 saturated heterocycles. The zero-order valence-corrected chi connectivity index (χ0v) is 12.9. The molecule has 0 bridgehead atoms. The maximum atomic E-state index is 11.3. The minimum atomic E-state index is -0.409. The summed E-state index contributed by atoms with van der Waals surface area (Å²) in [4.78, 5) is 11.3. The Bertz CT molecular complexity index is 644. The number of nitrogens with two attached hydrogens (primary N) is 1. The summed E-state index contributed by atoms with van der Waals surface area (Å²) in [6.07, 6.45) is 0.786. The van der Waals surface area contributed by atoms with Crippen LogP contribution in [-0.4, -0.2) is 12.5 Å². The fraction of sp³-hybridized carbons (Fsp3) is 0.188. The second-order valence-electron chi connectivity index (χ2n) is 4.68. The third-order valence-corrected chi connectivity index (χ3v) is 3.77. The van der Waals surface area contributed by atoms with Gasteiger partial charge in [0.1, 0.15) is 0 Å². The summed E-state index contributed by atoms with van der Waals surface area (Å²) >= 11 is 12.0. The van der Waals surface area contributed by atoms with E-state index in [0.29, 0.717) is 22.2 Å². The van der Waals surface area contributed by atoms with Crippen molar-refractivity contribution in [1.29, 1.82) is 0 Å². The predicted octanol–water partition coefficient (Wildman–Crippen LogP) is 3.42. The summed E-state index contributed by atoms with van der Waals surface area (Å²) in [5.74, 6) is -0.409. The monoisotopic (exact) mass is 322 g/mol. The lowest BCUT2D eigenvalue weighted by molar-refractivity contribution is 0.0999. The first-order valence-electron chi connectivity index (χ1n) is 6.60. The number of benzene rings is 2. The molecule has 3 nitrogen and oxygen atoms in total. The van der Waals surface area contributed by atoms with Crippen LogP contribution in [0.15, 0.2) is 42.5 Å². The maximum absolute atomic E-state index is 11.3. The molecule has 0 heterocycles. The summed E-state index contributed by atoms with van der Waals surface area (Å²) < 4.78 is 0. The quantitative estimate of drug-likeness (QED) is 0.800. The third kappa shape index (κ3) is 4.46. The maximum Gasteiger partial charge on any atom is 0.249 e. The zero-order valence-electron chi connectivity index (χ0n) is 11.4. The zero-order chi connectivity index (χ0) is 15.2. The predicted molar refractivity (Wildman–Crippen MR) is 86.8 cm³/mol. The Kier molecular flexibility index (Phi) is 5.62. The van der Waals surface area contributed by atoms with Crippen molar-refractivity contribution in [3.05, 3.63) is 69.2 Å². The number of hydrogen-bond acceptors (Lipinski definition) is 2. The third-order valence-electron chi connectivity index (χ3n) is 3.18. The van der Waals surface area contributed by atoms with E-state index in [0.717, 1.165) is 24.1 Å². The van der Waals surface area contributed by atoms with Crippen LogP contribution in [0.25, 0.3) is 0 Å². The highest BCUT2D eigenvalue weighted by Crippen LogP contribution is 2.21. The topological polar surface area (TPSA) is 55.1 Å². The SMILES string of the molecule is NC(=O)c1ccccc1CNCCc1ccc(Cl)cc1Cl. The number of amides is 1. The second kappa shape index (κ2) is 7.46. The van der Waals surface area contributed by atoms with E-state index in [1.54, 1.807) is 18.2 Å². The summed E-state index contributed by atoms with van der Waals surface area (Å²) in [6, 6.07) is 12.8. The van der Waals surface area contributed by atoms with Crippen LogP contribution in [0.2, 0.25) is 10.0 Å². The van der Waals surface area contributed by atoms with Crippen molar-refractivity contribution in [2.45, 2.75) is 13.0 Å². The van der Waals surface area contributed by atoms with Gasteiger partial charge >= 0.3 is 0 Å². The smallest absolute Gasteiger partial charge is 0.249 e. The van der Waals surface area contributed by atoms with Gasteiger partial charge in [0, 0.05) is 22.2 Å². The number of carbonyl (C=O) groups is 1. The van der Waals surface area contributed by atoms with E-state index in [4.69, 9.17) is 28.9 Å². The van der Waals surface area contributed by atoms with E-state index < -0.39 is 5.91 Å². The molecule has 5 heteroatoms. The van der Waals surface area contributed by atoms with Crippen molar-refractivity contribution in [2.75, 3.05) is 6.54 Å². The highest BCUT2D eigenvalue weighted by Gasteiger charge is 2.06. The van der Waals surface area contributed by atoms with Gasteiger partial charge in [-0.25, -0.2) is 0 Å². The summed E-state index contributed by atoms with van der Waals surface area (Å²) in [6.45, 7) is 1.33. The molecule has 0 radical (unpaired) electrons.